The molecule has 1 spiro atoms. The molecule has 3 aromatic rings. The van der Waals surface area contributed by atoms with E-state index >= 15 is 0 Å². The third-order valence-electron chi connectivity index (χ3n) is 7.95. The minimum absolute atomic E-state index is 0.00119. The molecular formula is C30H27F6N3O2. The lowest BCUT2D eigenvalue weighted by Crippen LogP contribution is -2.58. The Labute approximate surface area is 233 Å². The second-order valence-electron chi connectivity index (χ2n) is 10.4. The fourth-order valence-electron chi connectivity index (χ4n) is 5.95. The van der Waals surface area contributed by atoms with Crippen LogP contribution < -0.4 is 9.80 Å². The molecular weight excluding hydrogens is 548 g/mol. The van der Waals surface area contributed by atoms with Gasteiger partial charge in [0.15, 0.2) is 0 Å². The summed E-state index contributed by atoms with van der Waals surface area (Å²) in [5, 5.41) is 0. The van der Waals surface area contributed by atoms with E-state index < -0.39 is 46.7 Å². The van der Waals surface area contributed by atoms with Crippen molar-refractivity contribution in [2.75, 3.05) is 22.9 Å². The van der Waals surface area contributed by atoms with Crippen LogP contribution in [0.2, 0.25) is 0 Å². The van der Waals surface area contributed by atoms with Crippen LogP contribution in [0, 0.1) is 6.92 Å². The smallest absolute Gasteiger partial charge is 0.338 e. The van der Waals surface area contributed by atoms with Crippen LogP contribution in [0.5, 0.6) is 0 Å². The molecule has 1 unspecified atom stereocenters. The SMILES string of the molecule is Cc1ccccc1N1C(C)N(c2ccccc2)C(=O)C12CCN(C(=O)c1cc(C(F)(F)F)cc(C(F)(F)F)c1)CC2. The van der Waals surface area contributed by atoms with Crippen molar-refractivity contribution in [1.82, 2.24) is 4.90 Å². The molecule has 5 rings (SSSR count). The number of hydrogen-bond donors (Lipinski definition) is 0. The van der Waals surface area contributed by atoms with Crippen molar-refractivity contribution in [2.45, 2.75) is 50.7 Å². The van der Waals surface area contributed by atoms with Crippen molar-refractivity contribution in [3.63, 3.8) is 0 Å². The van der Waals surface area contributed by atoms with Gasteiger partial charge in [0.25, 0.3) is 11.8 Å². The number of alkyl halides is 6. The Morgan fingerprint density at radius 1 is 0.829 bits per heavy atom. The maximum Gasteiger partial charge on any atom is 0.416 e. The first-order valence-corrected chi connectivity index (χ1v) is 13.1. The van der Waals surface area contributed by atoms with Crippen LogP contribution in [-0.2, 0) is 17.1 Å². The number of likely N-dealkylation sites (tertiary alicyclic amines) is 1. The Kier molecular flexibility index (Phi) is 7.03. The summed E-state index contributed by atoms with van der Waals surface area (Å²) < 4.78 is 80.4. The Bertz CT molecular complexity index is 1430. The van der Waals surface area contributed by atoms with Crippen molar-refractivity contribution in [3.8, 4) is 0 Å². The van der Waals surface area contributed by atoms with E-state index in [1.165, 1.54) is 4.90 Å². The van der Waals surface area contributed by atoms with Gasteiger partial charge in [-0.25, -0.2) is 0 Å². The van der Waals surface area contributed by atoms with Crippen LogP contribution in [0.3, 0.4) is 0 Å². The molecule has 2 aliphatic heterocycles. The van der Waals surface area contributed by atoms with Gasteiger partial charge in [0.2, 0.25) is 0 Å². The molecule has 3 aromatic carbocycles. The Balaban J connectivity index is 1.49. The zero-order valence-corrected chi connectivity index (χ0v) is 22.3. The monoisotopic (exact) mass is 575 g/mol. The highest BCUT2D eigenvalue weighted by atomic mass is 19.4. The summed E-state index contributed by atoms with van der Waals surface area (Å²) in [4.78, 5) is 32.4. The summed E-state index contributed by atoms with van der Waals surface area (Å²) in [6.07, 6.45) is -10.2. The van der Waals surface area contributed by atoms with Gasteiger partial charge in [0, 0.05) is 30.0 Å². The molecule has 2 heterocycles. The Morgan fingerprint density at radius 2 is 1.37 bits per heavy atom. The topological polar surface area (TPSA) is 43.9 Å². The predicted molar refractivity (Wildman–Crippen MR) is 141 cm³/mol. The number of aryl methyl sites for hydroxylation is 1. The number of carbonyl (C=O) groups excluding carboxylic acids is 2. The van der Waals surface area contributed by atoms with E-state index in [2.05, 4.69) is 0 Å². The van der Waals surface area contributed by atoms with E-state index in [9.17, 15) is 35.9 Å². The van der Waals surface area contributed by atoms with Crippen LogP contribution in [0.4, 0.5) is 37.7 Å². The standard InChI is InChI=1S/C30H27F6N3O2/c1-19-8-6-7-11-25(19)39-20(2)38(24-9-4-3-5-10-24)27(41)28(39)12-14-37(15-13-28)26(40)21-16-22(29(31,32)33)18-23(17-21)30(34,35)36/h3-11,16-18,20H,12-15H2,1-2H3. The maximum absolute atomic E-state index is 14.2. The summed E-state index contributed by atoms with van der Waals surface area (Å²) >= 11 is 0. The predicted octanol–water partition coefficient (Wildman–Crippen LogP) is 6.91. The minimum atomic E-state index is -5.07. The number of nitrogens with zero attached hydrogens (tertiary/aromatic N) is 3. The molecule has 0 radical (unpaired) electrons. The number of amides is 2. The maximum atomic E-state index is 14.2. The van der Waals surface area contributed by atoms with E-state index in [0.717, 1.165) is 11.3 Å². The van der Waals surface area contributed by atoms with Crippen molar-refractivity contribution in [1.29, 1.82) is 0 Å². The summed E-state index contributed by atoms with van der Waals surface area (Å²) in [6.45, 7) is 3.78. The van der Waals surface area contributed by atoms with E-state index in [1.807, 2.05) is 73.3 Å². The summed E-state index contributed by atoms with van der Waals surface area (Å²) in [5.41, 5.74) is -2.40. The second kappa shape index (κ2) is 10.1. The normalized spacial score (nSPS) is 19.3. The van der Waals surface area contributed by atoms with Crippen LogP contribution in [0.1, 0.15) is 46.8 Å². The summed E-state index contributed by atoms with van der Waals surface area (Å²) in [7, 11) is 0. The molecule has 2 fully saturated rings. The third-order valence-corrected chi connectivity index (χ3v) is 7.95. The van der Waals surface area contributed by atoms with E-state index in [0.29, 0.717) is 17.8 Å². The molecule has 2 amide bonds. The van der Waals surface area contributed by atoms with Gasteiger partial charge in [0.05, 0.1) is 11.1 Å². The highest BCUT2D eigenvalue weighted by Crippen LogP contribution is 2.45. The molecule has 2 aliphatic rings. The average molecular weight is 576 g/mol. The Hall–Kier alpha value is -4.02. The summed E-state index contributed by atoms with van der Waals surface area (Å²) in [6, 6.07) is 17.6. The van der Waals surface area contributed by atoms with Crippen LogP contribution in [0.15, 0.2) is 72.8 Å². The number of benzene rings is 3. The first kappa shape index (κ1) is 28.5. The number of anilines is 2. The molecule has 0 N–H and O–H groups in total. The molecule has 2 saturated heterocycles. The lowest BCUT2D eigenvalue weighted by atomic mass is 9.84. The van der Waals surface area contributed by atoms with Gasteiger partial charge in [-0.1, -0.05) is 36.4 Å². The van der Waals surface area contributed by atoms with Crippen molar-refractivity contribution >= 4 is 23.2 Å². The van der Waals surface area contributed by atoms with Gasteiger partial charge in [-0.05, 0) is 68.7 Å². The lowest BCUT2D eigenvalue weighted by Gasteiger charge is -2.45. The molecule has 0 bridgehead atoms. The highest BCUT2D eigenvalue weighted by Gasteiger charge is 2.58. The molecule has 216 valence electrons. The number of para-hydroxylation sites is 2. The first-order valence-electron chi connectivity index (χ1n) is 13.1. The van der Waals surface area contributed by atoms with Gasteiger partial charge in [-0.15, -0.1) is 0 Å². The zero-order chi connectivity index (χ0) is 29.7. The lowest BCUT2D eigenvalue weighted by molar-refractivity contribution is -0.143. The molecule has 0 aliphatic carbocycles. The molecule has 1 atom stereocenters. The first-order chi connectivity index (χ1) is 19.2. The Morgan fingerprint density at radius 3 is 1.90 bits per heavy atom. The fraction of sp³-hybridized carbons (Fsp3) is 0.333. The zero-order valence-electron chi connectivity index (χ0n) is 22.3. The number of carbonyl (C=O) groups is 2. The van der Waals surface area contributed by atoms with Crippen LogP contribution in [-0.4, -0.2) is 41.5 Å². The van der Waals surface area contributed by atoms with Gasteiger partial charge in [-0.2, -0.15) is 26.3 Å². The van der Waals surface area contributed by atoms with Crippen LogP contribution >= 0.6 is 0 Å². The fourth-order valence-corrected chi connectivity index (χ4v) is 5.95. The van der Waals surface area contributed by atoms with Crippen molar-refractivity contribution in [2.24, 2.45) is 0 Å². The highest BCUT2D eigenvalue weighted by molar-refractivity contribution is 6.07. The van der Waals surface area contributed by atoms with E-state index in [-0.39, 0.29) is 37.9 Å². The van der Waals surface area contributed by atoms with Gasteiger partial charge >= 0.3 is 12.4 Å². The number of rotatable bonds is 3. The molecule has 5 nitrogen and oxygen atoms in total. The van der Waals surface area contributed by atoms with Crippen LogP contribution in [0.25, 0.3) is 0 Å². The number of hydrogen-bond acceptors (Lipinski definition) is 3. The van der Waals surface area contributed by atoms with Crippen molar-refractivity contribution in [3.05, 3.63) is 95.1 Å². The molecule has 11 heteroatoms. The quantitative estimate of drug-likeness (QED) is 0.319. The second-order valence-corrected chi connectivity index (χ2v) is 10.4. The van der Waals surface area contributed by atoms with E-state index in [4.69, 9.17) is 0 Å². The van der Waals surface area contributed by atoms with Gasteiger partial charge < -0.3 is 9.80 Å². The minimum Gasteiger partial charge on any atom is -0.338 e. The van der Waals surface area contributed by atoms with Gasteiger partial charge in [0.1, 0.15) is 11.7 Å². The average Bonchev–Trinajstić information content (AvgIpc) is 3.13. The number of halogens is 6. The molecule has 0 saturated carbocycles. The molecule has 0 aromatic heterocycles. The molecule has 41 heavy (non-hydrogen) atoms. The largest absolute Gasteiger partial charge is 0.416 e. The third kappa shape index (κ3) is 5.02. The van der Waals surface area contributed by atoms with Gasteiger partial charge in [-0.3, -0.25) is 14.5 Å². The van der Waals surface area contributed by atoms with E-state index in [1.54, 1.807) is 4.90 Å². The number of piperidine rings is 1. The summed E-state index contributed by atoms with van der Waals surface area (Å²) in [5.74, 6) is -1.12. The van der Waals surface area contributed by atoms with Crippen molar-refractivity contribution < 1.29 is 35.9 Å².